The minimum Gasteiger partial charge on any atom is -0.327 e. The standard InChI is InChI=1S/C17H25N3O/c18-15-8-5-7-14(15)17(21)19-16-9-2-1-6-13(16)12-20-10-3-4-11-20/h1-2,6,9,14-15H,3-5,7-8,10-12,18H2,(H,19,21). The van der Waals surface area contributed by atoms with Gasteiger partial charge >= 0.3 is 0 Å². The first kappa shape index (κ1) is 14.5. The van der Waals surface area contributed by atoms with Crippen molar-refractivity contribution in [3.05, 3.63) is 29.8 Å². The van der Waals surface area contributed by atoms with E-state index in [0.717, 1.165) is 44.6 Å². The van der Waals surface area contributed by atoms with Crippen LogP contribution in [0.4, 0.5) is 5.69 Å². The molecule has 1 heterocycles. The number of para-hydroxylation sites is 1. The minimum atomic E-state index is -0.0233. The van der Waals surface area contributed by atoms with Gasteiger partial charge in [0.05, 0.1) is 5.92 Å². The van der Waals surface area contributed by atoms with Gasteiger partial charge in [-0.25, -0.2) is 0 Å². The van der Waals surface area contributed by atoms with E-state index in [0.29, 0.717) is 0 Å². The number of nitrogens with one attached hydrogen (secondary N) is 1. The molecule has 3 N–H and O–H groups in total. The molecule has 1 aliphatic heterocycles. The number of rotatable bonds is 4. The lowest BCUT2D eigenvalue weighted by Gasteiger charge is -2.20. The second-order valence-corrected chi connectivity index (χ2v) is 6.33. The fraction of sp³-hybridized carbons (Fsp3) is 0.588. The predicted octanol–water partition coefficient (Wildman–Crippen LogP) is 2.35. The Morgan fingerprint density at radius 2 is 1.95 bits per heavy atom. The summed E-state index contributed by atoms with van der Waals surface area (Å²) < 4.78 is 0. The molecule has 4 nitrogen and oxygen atoms in total. The highest BCUT2D eigenvalue weighted by Gasteiger charge is 2.30. The SMILES string of the molecule is NC1CCCC1C(=O)Nc1ccccc1CN1CCCC1. The van der Waals surface area contributed by atoms with Crippen molar-refractivity contribution >= 4 is 11.6 Å². The molecule has 114 valence electrons. The number of nitrogens with zero attached hydrogens (tertiary/aromatic N) is 1. The van der Waals surface area contributed by atoms with Crippen molar-refractivity contribution in [2.24, 2.45) is 11.7 Å². The van der Waals surface area contributed by atoms with Crippen molar-refractivity contribution in [2.75, 3.05) is 18.4 Å². The molecule has 1 saturated carbocycles. The second-order valence-electron chi connectivity index (χ2n) is 6.33. The number of hydrogen-bond acceptors (Lipinski definition) is 3. The Bertz CT molecular complexity index is 497. The van der Waals surface area contributed by atoms with E-state index in [2.05, 4.69) is 16.3 Å². The number of likely N-dealkylation sites (tertiary alicyclic amines) is 1. The molecule has 1 amide bonds. The summed E-state index contributed by atoms with van der Waals surface area (Å²) in [5, 5.41) is 3.11. The highest BCUT2D eigenvalue weighted by Crippen LogP contribution is 2.26. The highest BCUT2D eigenvalue weighted by atomic mass is 16.1. The number of carbonyl (C=O) groups is 1. The van der Waals surface area contributed by atoms with Crippen molar-refractivity contribution in [2.45, 2.75) is 44.7 Å². The summed E-state index contributed by atoms with van der Waals surface area (Å²) in [4.78, 5) is 14.9. The van der Waals surface area contributed by atoms with E-state index in [9.17, 15) is 4.79 Å². The average Bonchev–Trinajstić information content (AvgIpc) is 3.12. The van der Waals surface area contributed by atoms with Crippen LogP contribution in [0, 0.1) is 5.92 Å². The molecule has 0 spiro atoms. The third-order valence-corrected chi connectivity index (χ3v) is 4.77. The van der Waals surface area contributed by atoms with Crippen LogP contribution in [0.25, 0.3) is 0 Å². The van der Waals surface area contributed by atoms with Crippen LogP contribution in [-0.4, -0.2) is 29.9 Å². The van der Waals surface area contributed by atoms with Gasteiger partial charge in [-0.3, -0.25) is 9.69 Å². The molecule has 0 aromatic heterocycles. The minimum absolute atomic E-state index is 0.0233. The summed E-state index contributed by atoms with van der Waals surface area (Å²) in [7, 11) is 0. The van der Waals surface area contributed by atoms with Crippen LogP contribution < -0.4 is 11.1 Å². The molecule has 1 saturated heterocycles. The Labute approximate surface area is 126 Å². The predicted molar refractivity (Wildman–Crippen MR) is 84.9 cm³/mol. The van der Waals surface area contributed by atoms with Gasteiger partial charge in [-0.1, -0.05) is 24.6 Å². The maximum atomic E-state index is 12.4. The summed E-state index contributed by atoms with van der Waals surface area (Å²) in [5.41, 5.74) is 8.19. The monoisotopic (exact) mass is 287 g/mol. The van der Waals surface area contributed by atoms with E-state index >= 15 is 0 Å². The summed E-state index contributed by atoms with van der Waals surface area (Å²) >= 11 is 0. The van der Waals surface area contributed by atoms with E-state index in [1.165, 1.54) is 18.4 Å². The van der Waals surface area contributed by atoms with Gasteiger partial charge < -0.3 is 11.1 Å². The van der Waals surface area contributed by atoms with E-state index in [4.69, 9.17) is 5.73 Å². The smallest absolute Gasteiger partial charge is 0.229 e. The van der Waals surface area contributed by atoms with Crippen LogP contribution >= 0.6 is 0 Å². The summed E-state index contributed by atoms with van der Waals surface area (Å²) in [6.07, 6.45) is 5.51. The van der Waals surface area contributed by atoms with E-state index in [1.807, 2.05) is 18.2 Å². The van der Waals surface area contributed by atoms with Crippen LogP contribution in [0.5, 0.6) is 0 Å². The first-order chi connectivity index (χ1) is 10.2. The van der Waals surface area contributed by atoms with Crippen LogP contribution in [0.3, 0.4) is 0 Å². The van der Waals surface area contributed by atoms with Crippen LogP contribution in [-0.2, 0) is 11.3 Å². The topological polar surface area (TPSA) is 58.4 Å². The van der Waals surface area contributed by atoms with Gasteiger partial charge in [0.1, 0.15) is 0 Å². The first-order valence-corrected chi connectivity index (χ1v) is 8.11. The van der Waals surface area contributed by atoms with Crippen LogP contribution in [0.1, 0.15) is 37.7 Å². The molecule has 21 heavy (non-hydrogen) atoms. The molecule has 1 aromatic rings. The van der Waals surface area contributed by atoms with E-state index < -0.39 is 0 Å². The number of anilines is 1. The fourth-order valence-corrected chi connectivity index (χ4v) is 3.50. The van der Waals surface area contributed by atoms with Crippen molar-refractivity contribution in [1.29, 1.82) is 0 Å². The molecule has 4 heteroatoms. The Balaban J connectivity index is 1.68. The normalized spacial score (nSPS) is 26.1. The van der Waals surface area contributed by atoms with Gasteiger partial charge in [0.2, 0.25) is 5.91 Å². The van der Waals surface area contributed by atoms with Gasteiger partial charge in [0.15, 0.2) is 0 Å². The molecule has 1 aliphatic carbocycles. The Hall–Kier alpha value is -1.39. The van der Waals surface area contributed by atoms with Gasteiger partial charge in [0, 0.05) is 18.3 Å². The Kier molecular flexibility index (Phi) is 4.56. The van der Waals surface area contributed by atoms with Crippen molar-refractivity contribution in [1.82, 2.24) is 4.90 Å². The number of amides is 1. The maximum Gasteiger partial charge on any atom is 0.229 e. The van der Waals surface area contributed by atoms with Crippen LogP contribution in [0.15, 0.2) is 24.3 Å². The molecular formula is C17H25N3O. The maximum absolute atomic E-state index is 12.4. The molecule has 2 unspecified atom stereocenters. The highest BCUT2D eigenvalue weighted by molar-refractivity contribution is 5.93. The lowest BCUT2D eigenvalue weighted by atomic mass is 10.0. The number of carbonyl (C=O) groups excluding carboxylic acids is 1. The second kappa shape index (κ2) is 6.58. The van der Waals surface area contributed by atoms with E-state index in [1.54, 1.807) is 0 Å². The van der Waals surface area contributed by atoms with Gasteiger partial charge in [-0.2, -0.15) is 0 Å². The van der Waals surface area contributed by atoms with Gasteiger partial charge in [0.25, 0.3) is 0 Å². The zero-order valence-electron chi connectivity index (χ0n) is 12.6. The number of nitrogens with two attached hydrogens (primary N) is 1. The number of hydrogen-bond donors (Lipinski definition) is 2. The molecule has 3 rings (SSSR count). The zero-order chi connectivity index (χ0) is 14.7. The van der Waals surface area contributed by atoms with Crippen molar-refractivity contribution in [3.63, 3.8) is 0 Å². The Morgan fingerprint density at radius 1 is 1.19 bits per heavy atom. The molecule has 2 aliphatic rings. The third kappa shape index (κ3) is 3.44. The summed E-state index contributed by atoms with van der Waals surface area (Å²) in [6.45, 7) is 3.25. The van der Waals surface area contributed by atoms with Gasteiger partial charge in [-0.15, -0.1) is 0 Å². The fourth-order valence-electron chi connectivity index (χ4n) is 3.50. The molecule has 0 bridgehead atoms. The third-order valence-electron chi connectivity index (χ3n) is 4.77. The molecule has 1 aromatic carbocycles. The van der Waals surface area contributed by atoms with Crippen LogP contribution in [0.2, 0.25) is 0 Å². The quantitative estimate of drug-likeness (QED) is 0.893. The lowest BCUT2D eigenvalue weighted by molar-refractivity contribution is -0.120. The average molecular weight is 287 g/mol. The largest absolute Gasteiger partial charge is 0.327 e. The number of benzene rings is 1. The molecule has 0 radical (unpaired) electrons. The van der Waals surface area contributed by atoms with Gasteiger partial charge in [-0.05, 0) is 50.4 Å². The van der Waals surface area contributed by atoms with Crippen molar-refractivity contribution in [3.8, 4) is 0 Å². The molecular weight excluding hydrogens is 262 g/mol. The molecule has 2 fully saturated rings. The summed E-state index contributed by atoms with van der Waals surface area (Å²) in [5.74, 6) is 0.0683. The molecule has 2 atom stereocenters. The first-order valence-electron chi connectivity index (χ1n) is 8.11. The summed E-state index contributed by atoms with van der Waals surface area (Å²) in [6, 6.07) is 8.17. The Morgan fingerprint density at radius 3 is 2.67 bits per heavy atom. The zero-order valence-corrected chi connectivity index (χ0v) is 12.6. The van der Waals surface area contributed by atoms with Crippen molar-refractivity contribution < 1.29 is 4.79 Å². The lowest BCUT2D eigenvalue weighted by Crippen LogP contribution is -2.34. The van der Waals surface area contributed by atoms with E-state index in [-0.39, 0.29) is 17.9 Å².